The lowest BCUT2D eigenvalue weighted by atomic mass is 10.0. The van der Waals surface area contributed by atoms with E-state index in [2.05, 4.69) is 0 Å². The molecule has 1 aromatic carbocycles. The Bertz CT molecular complexity index is 530. The first-order chi connectivity index (χ1) is 9.86. The number of hydrogen-bond acceptors (Lipinski definition) is 5. The van der Waals surface area contributed by atoms with Gasteiger partial charge < -0.3 is 25.2 Å². The van der Waals surface area contributed by atoms with Crippen LogP contribution in [-0.2, 0) is 4.74 Å². The third-order valence-electron chi connectivity index (χ3n) is 3.43. The summed E-state index contributed by atoms with van der Waals surface area (Å²) in [7, 11) is 1.52. The maximum atomic E-state index is 12.7. The van der Waals surface area contributed by atoms with Gasteiger partial charge in [-0.05, 0) is 32.0 Å². The van der Waals surface area contributed by atoms with Crippen LogP contribution in [0, 0.1) is 0 Å². The molecule has 1 aliphatic rings. The van der Waals surface area contributed by atoms with Gasteiger partial charge in [0.25, 0.3) is 5.91 Å². The van der Waals surface area contributed by atoms with E-state index in [-0.39, 0.29) is 18.6 Å². The molecule has 1 amide bonds. The molecule has 0 aromatic heterocycles. The Morgan fingerprint density at radius 2 is 2.29 bits per heavy atom. The lowest BCUT2D eigenvalue weighted by Gasteiger charge is -2.42. The van der Waals surface area contributed by atoms with Gasteiger partial charge in [-0.25, -0.2) is 0 Å². The summed E-state index contributed by atoms with van der Waals surface area (Å²) < 4.78 is 11.0. The van der Waals surface area contributed by atoms with E-state index in [0.29, 0.717) is 30.1 Å². The van der Waals surface area contributed by atoms with Gasteiger partial charge in [0.05, 0.1) is 31.0 Å². The Kier molecular flexibility index (Phi) is 4.39. The van der Waals surface area contributed by atoms with Crippen molar-refractivity contribution in [3.8, 4) is 5.75 Å². The second kappa shape index (κ2) is 5.91. The molecule has 3 N–H and O–H groups in total. The van der Waals surface area contributed by atoms with Crippen molar-refractivity contribution in [2.45, 2.75) is 25.6 Å². The van der Waals surface area contributed by atoms with Crippen molar-refractivity contribution in [2.24, 2.45) is 0 Å². The van der Waals surface area contributed by atoms with Gasteiger partial charge in [-0.1, -0.05) is 0 Å². The van der Waals surface area contributed by atoms with Crippen LogP contribution in [-0.4, -0.2) is 54.4 Å². The summed E-state index contributed by atoms with van der Waals surface area (Å²) in [5.74, 6) is 0.313. The largest absolute Gasteiger partial charge is 0.496 e. The SMILES string of the molecule is COc1ccc(N)cc1C(=O)N1CC(CO)OC(C)(C)C1. The molecular formula is C15H22N2O4. The van der Waals surface area contributed by atoms with E-state index in [1.807, 2.05) is 13.8 Å². The third kappa shape index (κ3) is 3.46. The van der Waals surface area contributed by atoms with Crippen molar-refractivity contribution >= 4 is 11.6 Å². The molecule has 1 atom stereocenters. The standard InChI is InChI=1S/C15H22N2O4/c1-15(2)9-17(7-11(8-18)21-15)14(19)12-6-10(16)4-5-13(12)20-3/h4-6,11,18H,7-9,16H2,1-3H3. The van der Waals surface area contributed by atoms with Gasteiger partial charge in [0, 0.05) is 18.8 Å². The van der Waals surface area contributed by atoms with Gasteiger partial charge >= 0.3 is 0 Å². The lowest BCUT2D eigenvalue weighted by Crippen LogP contribution is -2.55. The number of nitrogen functional groups attached to an aromatic ring is 1. The van der Waals surface area contributed by atoms with E-state index in [1.165, 1.54) is 7.11 Å². The van der Waals surface area contributed by atoms with Crippen LogP contribution >= 0.6 is 0 Å². The topological polar surface area (TPSA) is 85.0 Å². The minimum Gasteiger partial charge on any atom is -0.496 e. The van der Waals surface area contributed by atoms with Crippen LogP contribution in [0.3, 0.4) is 0 Å². The minimum atomic E-state index is -0.505. The Labute approximate surface area is 124 Å². The van der Waals surface area contributed by atoms with E-state index in [1.54, 1.807) is 23.1 Å². The molecule has 2 rings (SSSR count). The highest BCUT2D eigenvalue weighted by atomic mass is 16.5. The molecule has 6 heteroatoms. The van der Waals surface area contributed by atoms with E-state index < -0.39 is 5.60 Å². The summed E-state index contributed by atoms with van der Waals surface area (Å²) in [5.41, 5.74) is 6.19. The number of aliphatic hydroxyl groups is 1. The van der Waals surface area contributed by atoms with Gasteiger partial charge in [-0.3, -0.25) is 4.79 Å². The fraction of sp³-hybridized carbons (Fsp3) is 0.533. The van der Waals surface area contributed by atoms with Crippen LogP contribution in [0.4, 0.5) is 5.69 Å². The first kappa shape index (κ1) is 15.6. The minimum absolute atomic E-state index is 0.124. The molecular weight excluding hydrogens is 272 g/mol. The van der Waals surface area contributed by atoms with E-state index >= 15 is 0 Å². The monoisotopic (exact) mass is 294 g/mol. The molecule has 1 aliphatic heterocycles. The van der Waals surface area contributed by atoms with Gasteiger partial charge in [0.15, 0.2) is 0 Å². The van der Waals surface area contributed by atoms with Gasteiger partial charge in [-0.15, -0.1) is 0 Å². The summed E-state index contributed by atoms with van der Waals surface area (Å²) in [6.45, 7) is 4.45. The zero-order valence-electron chi connectivity index (χ0n) is 12.6. The number of aliphatic hydroxyl groups excluding tert-OH is 1. The van der Waals surface area contributed by atoms with Crippen molar-refractivity contribution in [1.82, 2.24) is 4.90 Å². The maximum Gasteiger partial charge on any atom is 0.257 e. The molecule has 0 bridgehead atoms. The van der Waals surface area contributed by atoms with Crippen molar-refractivity contribution in [3.05, 3.63) is 23.8 Å². The Balaban J connectivity index is 2.28. The van der Waals surface area contributed by atoms with Crippen LogP contribution in [0.1, 0.15) is 24.2 Å². The lowest BCUT2D eigenvalue weighted by molar-refractivity contribution is -0.139. The Morgan fingerprint density at radius 1 is 1.57 bits per heavy atom. The summed E-state index contributed by atoms with van der Waals surface area (Å²) >= 11 is 0. The van der Waals surface area contributed by atoms with Crippen LogP contribution in [0.5, 0.6) is 5.75 Å². The molecule has 1 saturated heterocycles. The number of morpholine rings is 1. The molecule has 1 heterocycles. The molecule has 6 nitrogen and oxygen atoms in total. The quantitative estimate of drug-likeness (QED) is 0.809. The molecule has 116 valence electrons. The summed E-state index contributed by atoms with van der Waals surface area (Å²) in [4.78, 5) is 14.4. The van der Waals surface area contributed by atoms with E-state index in [9.17, 15) is 9.90 Å². The molecule has 0 saturated carbocycles. The van der Waals surface area contributed by atoms with Gasteiger partial charge in [0.1, 0.15) is 5.75 Å². The normalized spacial score (nSPS) is 21.1. The fourth-order valence-corrected chi connectivity index (χ4v) is 2.61. The Morgan fingerprint density at radius 3 is 2.90 bits per heavy atom. The number of benzene rings is 1. The molecule has 0 radical (unpaired) electrons. The first-order valence-electron chi connectivity index (χ1n) is 6.88. The number of nitrogens with two attached hydrogens (primary N) is 1. The molecule has 1 unspecified atom stereocenters. The van der Waals surface area contributed by atoms with Gasteiger partial charge in [0.2, 0.25) is 0 Å². The fourth-order valence-electron chi connectivity index (χ4n) is 2.61. The van der Waals surface area contributed by atoms with Crippen molar-refractivity contribution in [1.29, 1.82) is 0 Å². The highest BCUT2D eigenvalue weighted by molar-refractivity contribution is 5.98. The van der Waals surface area contributed by atoms with Crippen molar-refractivity contribution in [3.63, 3.8) is 0 Å². The van der Waals surface area contributed by atoms with Crippen LogP contribution in [0.15, 0.2) is 18.2 Å². The smallest absolute Gasteiger partial charge is 0.257 e. The maximum absolute atomic E-state index is 12.7. The van der Waals surface area contributed by atoms with Crippen molar-refractivity contribution < 1.29 is 19.4 Å². The molecule has 21 heavy (non-hydrogen) atoms. The molecule has 0 spiro atoms. The number of methoxy groups -OCH3 is 1. The summed E-state index contributed by atoms with van der Waals surface area (Å²) in [5, 5.41) is 9.33. The zero-order valence-corrected chi connectivity index (χ0v) is 12.6. The number of amides is 1. The Hall–Kier alpha value is -1.79. The van der Waals surface area contributed by atoms with Crippen molar-refractivity contribution in [2.75, 3.05) is 32.5 Å². The number of rotatable bonds is 3. The van der Waals surface area contributed by atoms with Gasteiger partial charge in [-0.2, -0.15) is 0 Å². The highest BCUT2D eigenvalue weighted by Gasteiger charge is 2.36. The molecule has 1 fully saturated rings. The summed E-state index contributed by atoms with van der Waals surface area (Å²) in [6, 6.07) is 4.98. The van der Waals surface area contributed by atoms with Crippen LogP contribution in [0.25, 0.3) is 0 Å². The number of ether oxygens (including phenoxy) is 2. The number of hydrogen-bond donors (Lipinski definition) is 2. The third-order valence-corrected chi connectivity index (χ3v) is 3.43. The highest BCUT2D eigenvalue weighted by Crippen LogP contribution is 2.27. The van der Waals surface area contributed by atoms with Crippen LogP contribution < -0.4 is 10.5 Å². The number of anilines is 1. The average Bonchev–Trinajstić information content (AvgIpc) is 2.44. The number of carbonyl (C=O) groups excluding carboxylic acids is 1. The molecule has 0 aliphatic carbocycles. The molecule has 1 aromatic rings. The first-order valence-corrected chi connectivity index (χ1v) is 6.88. The number of carbonyl (C=O) groups is 1. The zero-order chi connectivity index (χ0) is 15.6. The predicted molar refractivity (Wildman–Crippen MR) is 79.3 cm³/mol. The van der Waals surface area contributed by atoms with E-state index in [4.69, 9.17) is 15.2 Å². The second-order valence-electron chi connectivity index (χ2n) is 5.83. The number of nitrogens with zero attached hydrogens (tertiary/aromatic N) is 1. The van der Waals surface area contributed by atoms with E-state index in [0.717, 1.165) is 0 Å². The second-order valence-corrected chi connectivity index (χ2v) is 5.83. The predicted octanol–water partition coefficient (Wildman–Crippen LogP) is 0.889. The average molecular weight is 294 g/mol. The summed E-state index contributed by atoms with van der Waals surface area (Å²) in [6.07, 6.45) is -0.384. The van der Waals surface area contributed by atoms with Crippen LogP contribution in [0.2, 0.25) is 0 Å².